The number of hydrogen-bond donors (Lipinski definition) is 1. The van der Waals surface area contributed by atoms with Gasteiger partial charge in [-0.25, -0.2) is 0 Å². The molecule has 82 valence electrons. The number of H-pyrrole nitrogens is 1. The molecule has 2 aromatic rings. The standard InChI is InChI=1S/C15H17N/c1-3-11-7-5-8-12-14-10(2)6-4-9-13(14)16-15(11)12/h3-4,6,9,11,16H,1,5,7-8H2,2H3/t11-/m0/s1. The SMILES string of the molecule is C=C[C@H]1CCCc2c1[nH]c1cccc(C)c21. The zero-order chi connectivity index (χ0) is 11.1. The molecule has 1 aliphatic rings. The summed E-state index contributed by atoms with van der Waals surface area (Å²) in [6.07, 6.45) is 5.82. The molecule has 0 spiro atoms. The number of aromatic amines is 1. The number of hydrogen-bond acceptors (Lipinski definition) is 0. The van der Waals surface area contributed by atoms with Gasteiger partial charge in [0.15, 0.2) is 0 Å². The van der Waals surface area contributed by atoms with Gasteiger partial charge < -0.3 is 4.98 Å². The molecule has 0 radical (unpaired) electrons. The third-order valence-corrected chi connectivity index (χ3v) is 3.77. The molecular weight excluding hydrogens is 194 g/mol. The van der Waals surface area contributed by atoms with E-state index < -0.39 is 0 Å². The third kappa shape index (κ3) is 1.24. The molecule has 0 unspecified atom stereocenters. The van der Waals surface area contributed by atoms with Crippen LogP contribution in [0.15, 0.2) is 30.9 Å². The second kappa shape index (κ2) is 3.51. The molecule has 1 atom stereocenters. The predicted octanol–water partition coefficient (Wildman–Crippen LogP) is 4.08. The van der Waals surface area contributed by atoms with Crippen molar-refractivity contribution < 1.29 is 0 Å². The molecule has 1 nitrogen and oxygen atoms in total. The predicted molar refractivity (Wildman–Crippen MR) is 68.9 cm³/mol. The average molecular weight is 211 g/mol. The minimum absolute atomic E-state index is 0.524. The Morgan fingerprint density at radius 1 is 1.44 bits per heavy atom. The fourth-order valence-electron chi connectivity index (χ4n) is 2.98. The average Bonchev–Trinajstić information content (AvgIpc) is 2.68. The molecule has 1 aliphatic carbocycles. The normalized spacial score (nSPS) is 19.7. The highest BCUT2D eigenvalue weighted by molar-refractivity contribution is 5.88. The van der Waals surface area contributed by atoms with Gasteiger partial charge in [0, 0.05) is 22.5 Å². The van der Waals surface area contributed by atoms with Crippen LogP contribution in [0.3, 0.4) is 0 Å². The largest absolute Gasteiger partial charge is 0.358 e. The second-order valence-corrected chi connectivity index (χ2v) is 4.75. The van der Waals surface area contributed by atoms with Gasteiger partial charge in [-0.3, -0.25) is 0 Å². The minimum Gasteiger partial charge on any atom is -0.358 e. The van der Waals surface area contributed by atoms with Crippen LogP contribution in [0.5, 0.6) is 0 Å². The first-order valence-corrected chi connectivity index (χ1v) is 6.04. The zero-order valence-corrected chi connectivity index (χ0v) is 9.72. The van der Waals surface area contributed by atoms with Crippen molar-refractivity contribution in [2.75, 3.05) is 0 Å². The van der Waals surface area contributed by atoms with Gasteiger partial charge in [0.1, 0.15) is 0 Å². The van der Waals surface area contributed by atoms with Crippen molar-refractivity contribution in [3.8, 4) is 0 Å². The van der Waals surface area contributed by atoms with Crippen LogP contribution >= 0.6 is 0 Å². The fourth-order valence-corrected chi connectivity index (χ4v) is 2.98. The lowest BCUT2D eigenvalue weighted by atomic mass is 9.86. The highest BCUT2D eigenvalue weighted by Crippen LogP contribution is 2.37. The summed E-state index contributed by atoms with van der Waals surface area (Å²) in [6, 6.07) is 6.51. The third-order valence-electron chi connectivity index (χ3n) is 3.77. The lowest BCUT2D eigenvalue weighted by molar-refractivity contribution is 0.622. The van der Waals surface area contributed by atoms with Gasteiger partial charge >= 0.3 is 0 Å². The molecule has 0 amide bonds. The van der Waals surface area contributed by atoms with E-state index in [-0.39, 0.29) is 0 Å². The lowest BCUT2D eigenvalue weighted by Crippen LogP contribution is -2.06. The second-order valence-electron chi connectivity index (χ2n) is 4.75. The van der Waals surface area contributed by atoms with Gasteiger partial charge in [-0.2, -0.15) is 0 Å². The number of aromatic nitrogens is 1. The summed E-state index contributed by atoms with van der Waals surface area (Å²) >= 11 is 0. The summed E-state index contributed by atoms with van der Waals surface area (Å²) in [6.45, 7) is 6.16. The van der Waals surface area contributed by atoms with Crippen LogP contribution in [0.1, 0.15) is 35.6 Å². The van der Waals surface area contributed by atoms with Crippen LogP contribution in [-0.2, 0) is 6.42 Å². The summed E-state index contributed by atoms with van der Waals surface area (Å²) in [4.78, 5) is 3.59. The van der Waals surface area contributed by atoms with E-state index in [2.05, 4.69) is 42.8 Å². The van der Waals surface area contributed by atoms with E-state index in [0.29, 0.717) is 5.92 Å². The van der Waals surface area contributed by atoms with Gasteiger partial charge in [0.2, 0.25) is 0 Å². The van der Waals surface area contributed by atoms with Gasteiger partial charge in [-0.15, -0.1) is 6.58 Å². The molecule has 3 rings (SSSR count). The van der Waals surface area contributed by atoms with Crippen LogP contribution in [0, 0.1) is 6.92 Å². The van der Waals surface area contributed by atoms with Gasteiger partial charge in [-0.05, 0) is 43.4 Å². The first kappa shape index (κ1) is 9.71. The molecule has 1 heterocycles. The maximum absolute atomic E-state index is 3.96. The van der Waals surface area contributed by atoms with Crippen molar-refractivity contribution in [3.63, 3.8) is 0 Å². The zero-order valence-electron chi connectivity index (χ0n) is 9.72. The van der Waals surface area contributed by atoms with Crippen LogP contribution < -0.4 is 0 Å². The van der Waals surface area contributed by atoms with Crippen LogP contribution in [0.2, 0.25) is 0 Å². The Morgan fingerprint density at radius 2 is 2.31 bits per heavy atom. The van der Waals surface area contributed by atoms with Gasteiger partial charge in [0.05, 0.1) is 0 Å². The molecule has 0 aliphatic heterocycles. The molecule has 0 fully saturated rings. The van der Waals surface area contributed by atoms with Gasteiger partial charge in [-0.1, -0.05) is 18.2 Å². The number of nitrogens with one attached hydrogen (secondary N) is 1. The fraction of sp³-hybridized carbons (Fsp3) is 0.333. The molecule has 1 aromatic carbocycles. The Balaban J connectivity index is 2.33. The summed E-state index contributed by atoms with van der Waals surface area (Å²) in [7, 11) is 0. The van der Waals surface area contributed by atoms with Crippen LogP contribution in [0.25, 0.3) is 10.9 Å². The Hall–Kier alpha value is -1.50. The molecule has 0 bridgehead atoms. The number of fused-ring (bicyclic) bond motifs is 3. The Bertz CT molecular complexity index is 548. The van der Waals surface area contributed by atoms with Crippen LogP contribution in [-0.4, -0.2) is 4.98 Å². The maximum atomic E-state index is 3.96. The Kier molecular flexibility index (Phi) is 2.13. The topological polar surface area (TPSA) is 15.8 Å². The van der Waals surface area contributed by atoms with E-state index in [4.69, 9.17) is 0 Å². The molecular formula is C15H17N. The molecule has 1 N–H and O–H groups in total. The van der Waals surface area contributed by atoms with Gasteiger partial charge in [0.25, 0.3) is 0 Å². The van der Waals surface area contributed by atoms with E-state index >= 15 is 0 Å². The van der Waals surface area contributed by atoms with Crippen molar-refractivity contribution >= 4 is 10.9 Å². The maximum Gasteiger partial charge on any atom is 0.0461 e. The Morgan fingerprint density at radius 3 is 3.12 bits per heavy atom. The highest BCUT2D eigenvalue weighted by Gasteiger charge is 2.22. The number of aryl methyl sites for hydroxylation is 2. The molecule has 1 aromatic heterocycles. The quantitative estimate of drug-likeness (QED) is 0.684. The van der Waals surface area contributed by atoms with E-state index in [1.54, 1.807) is 0 Å². The van der Waals surface area contributed by atoms with Crippen LogP contribution in [0.4, 0.5) is 0 Å². The first-order valence-electron chi connectivity index (χ1n) is 6.04. The van der Waals surface area contributed by atoms with Crippen molar-refractivity contribution in [1.82, 2.24) is 4.98 Å². The van der Waals surface area contributed by atoms with Crippen molar-refractivity contribution in [1.29, 1.82) is 0 Å². The van der Waals surface area contributed by atoms with Crippen molar-refractivity contribution in [2.24, 2.45) is 0 Å². The number of benzene rings is 1. The summed E-state index contributed by atoms with van der Waals surface area (Å²) in [5, 5.41) is 1.45. The molecule has 1 heteroatoms. The molecule has 0 saturated carbocycles. The summed E-state index contributed by atoms with van der Waals surface area (Å²) < 4.78 is 0. The van der Waals surface area contributed by atoms with Crippen molar-refractivity contribution in [2.45, 2.75) is 32.1 Å². The monoisotopic (exact) mass is 211 g/mol. The first-order chi connectivity index (χ1) is 7.81. The minimum atomic E-state index is 0.524. The summed E-state index contributed by atoms with van der Waals surface area (Å²) in [5.41, 5.74) is 5.62. The number of allylic oxidation sites excluding steroid dienone is 1. The smallest absolute Gasteiger partial charge is 0.0461 e. The lowest BCUT2D eigenvalue weighted by Gasteiger charge is -2.19. The summed E-state index contributed by atoms with van der Waals surface area (Å²) in [5.74, 6) is 0.524. The molecule has 0 saturated heterocycles. The highest BCUT2D eigenvalue weighted by atomic mass is 14.7. The van der Waals surface area contributed by atoms with E-state index in [0.717, 1.165) is 0 Å². The number of rotatable bonds is 1. The van der Waals surface area contributed by atoms with E-state index in [9.17, 15) is 0 Å². The van der Waals surface area contributed by atoms with E-state index in [1.165, 1.54) is 47.0 Å². The molecule has 16 heavy (non-hydrogen) atoms. The van der Waals surface area contributed by atoms with Crippen molar-refractivity contribution in [3.05, 3.63) is 47.7 Å². The Labute approximate surface area is 96.2 Å². The van der Waals surface area contributed by atoms with E-state index in [1.807, 2.05) is 0 Å².